The van der Waals surface area contributed by atoms with E-state index in [0.717, 1.165) is 10.9 Å². The second kappa shape index (κ2) is 13.0. The molecule has 0 bridgehead atoms. The van der Waals surface area contributed by atoms with Crippen LogP contribution in [0.4, 0.5) is 0 Å². The molecule has 46 heavy (non-hydrogen) atoms. The quantitative estimate of drug-likeness (QED) is 0.179. The van der Waals surface area contributed by atoms with Crippen LogP contribution in [0.5, 0.6) is 23.0 Å². The summed E-state index contributed by atoms with van der Waals surface area (Å²) in [6.45, 7) is 2.27. The van der Waals surface area contributed by atoms with Crippen LogP contribution in [-0.4, -0.2) is 51.9 Å². The second-order valence-corrected chi connectivity index (χ2v) is 10.6. The molecule has 1 aliphatic heterocycles. The molecular formula is C36H30N4O6. The minimum absolute atomic E-state index is 0.0744. The number of hydrogen-bond acceptors (Lipinski definition) is 8. The number of para-hydroxylation sites is 1. The molecule has 0 atom stereocenters. The maximum absolute atomic E-state index is 13.9. The van der Waals surface area contributed by atoms with E-state index in [1.807, 2.05) is 18.2 Å². The van der Waals surface area contributed by atoms with Gasteiger partial charge in [-0.25, -0.2) is 0 Å². The van der Waals surface area contributed by atoms with E-state index in [-0.39, 0.29) is 30.2 Å². The Morgan fingerprint density at radius 3 is 2.43 bits per heavy atom. The van der Waals surface area contributed by atoms with E-state index < -0.39 is 5.56 Å². The van der Waals surface area contributed by atoms with Crippen LogP contribution in [0.1, 0.15) is 34.2 Å². The molecule has 1 amide bonds. The second-order valence-electron chi connectivity index (χ2n) is 10.6. The van der Waals surface area contributed by atoms with E-state index in [1.54, 1.807) is 80.8 Å². The van der Waals surface area contributed by atoms with Gasteiger partial charge in [0.1, 0.15) is 11.5 Å². The highest BCUT2D eigenvalue weighted by Crippen LogP contribution is 2.36. The number of nitrogens with zero attached hydrogens (tertiary/aromatic N) is 4. The zero-order chi connectivity index (χ0) is 32.2. The molecule has 10 heteroatoms. The van der Waals surface area contributed by atoms with Gasteiger partial charge in [-0.15, -0.1) is 0 Å². The molecule has 5 aromatic rings. The van der Waals surface area contributed by atoms with Crippen LogP contribution in [0, 0.1) is 11.8 Å². The highest BCUT2D eigenvalue weighted by Gasteiger charge is 2.27. The summed E-state index contributed by atoms with van der Waals surface area (Å²) in [6.07, 6.45) is 3.59. The average molecular weight is 615 g/mol. The van der Waals surface area contributed by atoms with E-state index in [9.17, 15) is 14.4 Å². The molecule has 0 unspecified atom stereocenters. The molecule has 10 nitrogen and oxygen atoms in total. The Morgan fingerprint density at radius 2 is 1.72 bits per heavy atom. The van der Waals surface area contributed by atoms with Crippen LogP contribution in [0.15, 0.2) is 83.9 Å². The van der Waals surface area contributed by atoms with Crippen molar-refractivity contribution >= 4 is 22.6 Å². The average Bonchev–Trinajstić information content (AvgIpc) is 3.08. The van der Waals surface area contributed by atoms with Gasteiger partial charge in [0.25, 0.3) is 11.5 Å². The van der Waals surface area contributed by atoms with Gasteiger partial charge >= 0.3 is 0 Å². The number of carbonyl (C=O) groups is 2. The van der Waals surface area contributed by atoms with E-state index in [4.69, 9.17) is 14.2 Å². The lowest BCUT2D eigenvalue weighted by molar-refractivity contribution is -0.126. The van der Waals surface area contributed by atoms with Gasteiger partial charge in [0.2, 0.25) is 0 Å². The topological polar surface area (TPSA) is 113 Å². The Bertz CT molecular complexity index is 2080. The first-order valence-corrected chi connectivity index (χ1v) is 14.6. The smallest absolute Gasteiger partial charge is 0.298 e. The van der Waals surface area contributed by atoms with Crippen LogP contribution in [0.25, 0.3) is 16.6 Å². The molecule has 0 aliphatic carbocycles. The molecule has 0 spiro atoms. The van der Waals surface area contributed by atoms with Crippen molar-refractivity contribution in [2.45, 2.75) is 26.3 Å². The van der Waals surface area contributed by atoms with Gasteiger partial charge in [-0.2, -0.15) is 0 Å². The van der Waals surface area contributed by atoms with Crippen molar-refractivity contribution in [3.05, 3.63) is 112 Å². The molecule has 6 rings (SSSR count). The van der Waals surface area contributed by atoms with Crippen molar-refractivity contribution in [2.75, 3.05) is 20.8 Å². The van der Waals surface area contributed by atoms with Crippen LogP contribution in [0.2, 0.25) is 0 Å². The van der Waals surface area contributed by atoms with Crippen LogP contribution >= 0.6 is 0 Å². The predicted molar refractivity (Wildman–Crippen MR) is 172 cm³/mol. The van der Waals surface area contributed by atoms with Gasteiger partial charge in [0.05, 0.1) is 44.5 Å². The van der Waals surface area contributed by atoms with Crippen LogP contribution < -0.4 is 19.8 Å². The lowest BCUT2D eigenvalue weighted by Crippen LogP contribution is -2.40. The maximum atomic E-state index is 13.9. The van der Waals surface area contributed by atoms with Crippen LogP contribution in [-0.2, 0) is 24.2 Å². The van der Waals surface area contributed by atoms with Gasteiger partial charge in [0, 0.05) is 41.3 Å². The predicted octanol–water partition coefficient (Wildman–Crippen LogP) is 4.92. The number of rotatable bonds is 8. The molecule has 0 saturated carbocycles. The van der Waals surface area contributed by atoms with Crippen molar-refractivity contribution in [3.8, 4) is 40.5 Å². The largest absolute Gasteiger partial charge is 0.493 e. The fourth-order valence-electron chi connectivity index (χ4n) is 5.52. The summed E-state index contributed by atoms with van der Waals surface area (Å²) in [5.74, 6) is 6.69. The molecule has 1 aliphatic rings. The van der Waals surface area contributed by atoms with Gasteiger partial charge in [-0.1, -0.05) is 24.1 Å². The maximum Gasteiger partial charge on any atom is 0.298 e. The zero-order valence-electron chi connectivity index (χ0n) is 25.6. The summed E-state index contributed by atoms with van der Waals surface area (Å²) >= 11 is 0. The summed E-state index contributed by atoms with van der Waals surface area (Å²) in [4.78, 5) is 50.5. The summed E-state index contributed by atoms with van der Waals surface area (Å²) in [5.41, 5.74) is 2.93. The first-order chi connectivity index (χ1) is 22.4. The molecule has 2 aromatic carbocycles. The Balaban J connectivity index is 1.26. The van der Waals surface area contributed by atoms with E-state index >= 15 is 0 Å². The number of hydrogen-bond donors (Lipinski definition) is 0. The number of fused-ring (bicyclic) bond motifs is 2. The van der Waals surface area contributed by atoms with E-state index in [0.29, 0.717) is 58.6 Å². The SMILES string of the molecule is CC#CC(=O)N1CCc2cc(C(=O)Cc3ccc(Oc4ccnc5cc(OC)c(OC)cc45)cn3)c(=O)n(-c3ccccc3)c2C1. The van der Waals surface area contributed by atoms with E-state index in [2.05, 4.69) is 21.8 Å². The molecular weight excluding hydrogens is 584 g/mol. The molecule has 3 aromatic heterocycles. The summed E-state index contributed by atoms with van der Waals surface area (Å²) in [5, 5.41) is 0.729. The zero-order valence-corrected chi connectivity index (χ0v) is 25.6. The molecule has 0 radical (unpaired) electrons. The van der Waals surface area contributed by atoms with Crippen molar-refractivity contribution in [2.24, 2.45) is 0 Å². The molecule has 0 fully saturated rings. The molecule has 230 valence electrons. The number of benzene rings is 2. The van der Waals surface area contributed by atoms with Crippen molar-refractivity contribution < 1.29 is 23.8 Å². The van der Waals surface area contributed by atoms with Gasteiger partial charge < -0.3 is 19.1 Å². The number of ketones is 1. The van der Waals surface area contributed by atoms with Gasteiger partial charge in [0.15, 0.2) is 17.3 Å². The van der Waals surface area contributed by atoms with Crippen molar-refractivity contribution in [3.63, 3.8) is 0 Å². The normalized spacial score (nSPS) is 12.1. The van der Waals surface area contributed by atoms with E-state index in [1.165, 1.54) is 10.8 Å². The highest BCUT2D eigenvalue weighted by molar-refractivity contribution is 5.97. The molecule has 4 heterocycles. The number of pyridine rings is 3. The van der Waals surface area contributed by atoms with Crippen molar-refractivity contribution in [1.29, 1.82) is 0 Å². The lowest BCUT2D eigenvalue weighted by Gasteiger charge is -2.30. The minimum Gasteiger partial charge on any atom is -0.493 e. The fraction of sp³-hybridized carbons (Fsp3) is 0.194. The Hall–Kier alpha value is -5.95. The standard InChI is InChI=1S/C36H30N4O6/c1-4-8-35(42)39-16-14-23-17-28(36(43)40(30(23)22-39)25-9-6-5-7-10-25)31(41)18-24-11-12-26(21-38-24)46-32-13-15-37-29-20-34(45-3)33(44-2)19-27(29)32/h5-7,9-13,15,17,19-21H,14,16,18,22H2,1-3H3. The van der Waals surface area contributed by atoms with Gasteiger partial charge in [-0.05, 0) is 67.3 Å². The number of Topliss-reactive ketones (excluding diaryl/α,β-unsaturated/α-hetero) is 1. The fourth-order valence-corrected chi connectivity index (χ4v) is 5.52. The number of ether oxygens (including phenoxy) is 3. The first-order valence-electron chi connectivity index (χ1n) is 14.6. The Morgan fingerprint density at radius 1 is 0.935 bits per heavy atom. The third-order valence-corrected chi connectivity index (χ3v) is 7.79. The number of aromatic nitrogens is 3. The summed E-state index contributed by atoms with van der Waals surface area (Å²) in [7, 11) is 3.12. The molecule has 0 N–H and O–H groups in total. The Labute approximate surface area is 265 Å². The molecule has 0 saturated heterocycles. The van der Waals surface area contributed by atoms with Crippen LogP contribution in [0.3, 0.4) is 0 Å². The third kappa shape index (κ3) is 5.90. The van der Waals surface area contributed by atoms with Crippen molar-refractivity contribution in [1.82, 2.24) is 19.4 Å². The first kappa shape index (κ1) is 30.1. The summed E-state index contributed by atoms with van der Waals surface area (Å²) < 4.78 is 18.5. The lowest BCUT2D eigenvalue weighted by atomic mass is 9.98. The highest BCUT2D eigenvalue weighted by atomic mass is 16.5. The Kier molecular flexibility index (Phi) is 8.48. The number of methoxy groups -OCH3 is 2. The third-order valence-electron chi connectivity index (χ3n) is 7.79. The monoisotopic (exact) mass is 614 g/mol. The van der Waals surface area contributed by atoms with Gasteiger partial charge in [-0.3, -0.25) is 28.9 Å². The number of amides is 1. The summed E-state index contributed by atoms with van der Waals surface area (Å²) in [6, 6.07) is 19.5. The minimum atomic E-state index is -0.442. The number of carbonyl (C=O) groups excluding carboxylic acids is 2.